The number of hydrogen-bond donors (Lipinski definition) is 2. The predicted octanol–water partition coefficient (Wildman–Crippen LogP) is 0.655. The average Bonchev–Trinajstić information content (AvgIpc) is 2.70. The van der Waals surface area contributed by atoms with Crippen LogP contribution >= 0.6 is 0 Å². The summed E-state index contributed by atoms with van der Waals surface area (Å²) in [6, 6.07) is 1.63. The van der Waals surface area contributed by atoms with E-state index in [-0.39, 0.29) is 0 Å². The van der Waals surface area contributed by atoms with Gasteiger partial charge in [-0.1, -0.05) is 6.92 Å². The molecule has 0 amide bonds. The molecule has 3 N–H and O–H groups in total. The van der Waals surface area contributed by atoms with Gasteiger partial charge >= 0.3 is 0 Å². The zero-order chi connectivity index (χ0) is 12.2. The molecule has 0 aliphatic heterocycles. The van der Waals surface area contributed by atoms with Gasteiger partial charge in [0.15, 0.2) is 0 Å². The van der Waals surface area contributed by atoms with Crippen molar-refractivity contribution in [3.63, 3.8) is 0 Å². The second-order valence-electron chi connectivity index (χ2n) is 3.56. The van der Waals surface area contributed by atoms with Crippen molar-refractivity contribution in [2.45, 2.75) is 38.3 Å². The van der Waals surface area contributed by atoms with Crippen LogP contribution in [0.5, 0.6) is 0 Å². The predicted molar refractivity (Wildman–Crippen MR) is 63.5 cm³/mol. The van der Waals surface area contributed by atoms with Gasteiger partial charge in [-0.05, 0) is 19.4 Å². The minimum Gasteiger partial charge on any atom is -0.349 e. The molecule has 0 aliphatic rings. The van der Waals surface area contributed by atoms with Gasteiger partial charge in [0.2, 0.25) is 10.0 Å². The number of nitrogens with two attached hydrogens (primary N) is 1. The van der Waals surface area contributed by atoms with E-state index in [1.807, 2.05) is 18.4 Å². The summed E-state index contributed by atoms with van der Waals surface area (Å²) >= 11 is 0. The SMILES string of the molecule is CCCNS(=O)(=O)c1cc(CN)n(CC)c1. The number of hydrogen-bond acceptors (Lipinski definition) is 3. The van der Waals surface area contributed by atoms with Gasteiger partial charge in [-0.3, -0.25) is 0 Å². The Morgan fingerprint density at radius 3 is 2.56 bits per heavy atom. The first-order valence-electron chi connectivity index (χ1n) is 5.44. The van der Waals surface area contributed by atoms with Crippen molar-refractivity contribution < 1.29 is 8.42 Å². The molecule has 0 spiro atoms. The van der Waals surface area contributed by atoms with Gasteiger partial charge in [-0.2, -0.15) is 0 Å². The summed E-state index contributed by atoms with van der Waals surface area (Å²) in [6.45, 7) is 5.39. The largest absolute Gasteiger partial charge is 0.349 e. The number of aryl methyl sites for hydroxylation is 1. The van der Waals surface area contributed by atoms with Crippen molar-refractivity contribution in [1.82, 2.24) is 9.29 Å². The van der Waals surface area contributed by atoms with Crippen LogP contribution in [0.15, 0.2) is 17.2 Å². The Kier molecular flexibility index (Phi) is 4.52. The first-order valence-corrected chi connectivity index (χ1v) is 6.92. The highest BCUT2D eigenvalue weighted by atomic mass is 32.2. The lowest BCUT2D eigenvalue weighted by Crippen LogP contribution is -2.24. The minimum absolute atomic E-state index is 0.295. The highest BCUT2D eigenvalue weighted by molar-refractivity contribution is 7.89. The molecular formula is C10H19N3O2S. The molecule has 0 radical (unpaired) electrons. The maximum Gasteiger partial charge on any atom is 0.242 e. The summed E-state index contributed by atoms with van der Waals surface area (Å²) in [6.07, 6.45) is 2.40. The summed E-state index contributed by atoms with van der Waals surface area (Å²) in [5, 5.41) is 0. The smallest absolute Gasteiger partial charge is 0.242 e. The van der Waals surface area contributed by atoms with Crippen LogP contribution < -0.4 is 10.5 Å². The van der Waals surface area contributed by atoms with Crippen molar-refractivity contribution in [3.8, 4) is 0 Å². The molecule has 92 valence electrons. The molecule has 1 heterocycles. The van der Waals surface area contributed by atoms with E-state index in [2.05, 4.69) is 4.72 Å². The second kappa shape index (κ2) is 5.47. The van der Waals surface area contributed by atoms with E-state index >= 15 is 0 Å². The van der Waals surface area contributed by atoms with E-state index in [0.717, 1.165) is 18.7 Å². The van der Waals surface area contributed by atoms with Crippen molar-refractivity contribution in [1.29, 1.82) is 0 Å². The monoisotopic (exact) mass is 245 g/mol. The van der Waals surface area contributed by atoms with Gasteiger partial charge in [0.1, 0.15) is 0 Å². The van der Waals surface area contributed by atoms with Gasteiger partial charge in [0.05, 0.1) is 4.90 Å². The van der Waals surface area contributed by atoms with E-state index in [4.69, 9.17) is 5.73 Å². The molecule has 5 nitrogen and oxygen atoms in total. The van der Waals surface area contributed by atoms with Crippen molar-refractivity contribution in [3.05, 3.63) is 18.0 Å². The van der Waals surface area contributed by atoms with Crippen LogP contribution in [-0.2, 0) is 23.1 Å². The van der Waals surface area contributed by atoms with Crippen LogP contribution in [0, 0.1) is 0 Å². The standard InChI is InChI=1S/C10H19N3O2S/c1-3-5-12-16(14,15)10-6-9(7-11)13(4-2)8-10/h6,8,12H,3-5,7,11H2,1-2H3. The zero-order valence-corrected chi connectivity index (χ0v) is 10.5. The molecule has 0 aromatic carbocycles. The summed E-state index contributed by atoms with van der Waals surface area (Å²) in [4.78, 5) is 0.295. The Bertz CT molecular complexity index is 415. The highest BCUT2D eigenvalue weighted by Crippen LogP contribution is 2.14. The third-order valence-electron chi connectivity index (χ3n) is 2.36. The minimum atomic E-state index is -3.37. The number of sulfonamides is 1. The van der Waals surface area contributed by atoms with Crippen LogP contribution in [-0.4, -0.2) is 19.5 Å². The number of nitrogens with zero attached hydrogens (tertiary/aromatic N) is 1. The number of nitrogens with one attached hydrogen (secondary N) is 1. The molecule has 6 heteroatoms. The molecule has 16 heavy (non-hydrogen) atoms. The second-order valence-corrected chi connectivity index (χ2v) is 5.32. The third-order valence-corrected chi connectivity index (χ3v) is 3.79. The molecule has 0 atom stereocenters. The first-order chi connectivity index (χ1) is 7.55. The molecule has 0 unspecified atom stereocenters. The Labute approximate surface area is 96.7 Å². The molecule has 0 saturated carbocycles. The van der Waals surface area contributed by atoms with Crippen molar-refractivity contribution in [2.24, 2.45) is 5.73 Å². The fraction of sp³-hybridized carbons (Fsp3) is 0.600. The molecule has 1 rings (SSSR count). The van der Waals surface area contributed by atoms with E-state index in [0.29, 0.717) is 18.0 Å². The Morgan fingerprint density at radius 1 is 1.44 bits per heavy atom. The van der Waals surface area contributed by atoms with Crippen LogP contribution in [0.3, 0.4) is 0 Å². The van der Waals surface area contributed by atoms with Crippen molar-refractivity contribution >= 4 is 10.0 Å². The van der Waals surface area contributed by atoms with Crippen LogP contribution in [0.25, 0.3) is 0 Å². The molecule has 0 fully saturated rings. The average molecular weight is 245 g/mol. The molecule has 1 aromatic rings. The Hall–Kier alpha value is -0.850. The Morgan fingerprint density at radius 2 is 2.12 bits per heavy atom. The van der Waals surface area contributed by atoms with Gasteiger partial charge in [-0.15, -0.1) is 0 Å². The Balaban J connectivity index is 2.99. The molecule has 0 bridgehead atoms. The van der Waals surface area contributed by atoms with E-state index in [9.17, 15) is 8.42 Å². The topological polar surface area (TPSA) is 77.1 Å². The molecular weight excluding hydrogens is 226 g/mol. The lowest BCUT2D eigenvalue weighted by atomic mass is 10.4. The van der Waals surface area contributed by atoms with Crippen LogP contribution in [0.4, 0.5) is 0 Å². The van der Waals surface area contributed by atoms with E-state index < -0.39 is 10.0 Å². The number of rotatable bonds is 6. The van der Waals surface area contributed by atoms with E-state index in [1.165, 1.54) is 0 Å². The summed E-state index contributed by atoms with van der Waals surface area (Å²) in [5.74, 6) is 0. The van der Waals surface area contributed by atoms with Crippen molar-refractivity contribution in [2.75, 3.05) is 6.54 Å². The quantitative estimate of drug-likeness (QED) is 0.772. The van der Waals surface area contributed by atoms with Gasteiger partial charge < -0.3 is 10.3 Å². The zero-order valence-electron chi connectivity index (χ0n) is 9.73. The lowest BCUT2D eigenvalue weighted by molar-refractivity contribution is 0.580. The summed E-state index contributed by atoms with van der Waals surface area (Å²) in [7, 11) is -3.37. The summed E-state index contributed by atoms with van der Waals surface area (Å²) < 4.78 is 28.0. The lowest BCUT2D eigenvalue weighted by Gasteiger charge is -2.02. The summed E-state index contributed by atoms with van der Waals surface area (Å²) in [5.41, 5.74) is 6.38. The first kappa shape index (κ1) is 13.2. The highest BCUT2D eigenvalue weighted by Gasteiger charge is 2.16. The fourth-order valence-electron chi connectivity index (χ4n) is 1.46. The normalized spacial score (nSPS) is 11.9. The van der Waals surface area contributed by atoms with E-state index in [1.54, 1.807) is 12.3 Å². The fourth-order valence-corrected chi connectivity index (χ4v) is 2.65. The van der Waals surface area contributed by atoms with Gasteiger partial charge in [0.25, 0.3) is 0 Å². The molecule has 0 saturated heterocycles. The molecule has 0 aliphatic carbocycles. The maximum atomic E-state index is 11.8. The van der Waals surface area contributed by atoms with Gasteiger partial charge in [-0.25, -0.2) is 13.1 Å². The van der Waals surface area contributed by atoms with Gasteiger partial charge in [0, 0.05) is 31.5 Å². The van der Waals surface area contributed by atoms with Crippen LogP contribution in [0.1, 0.15) is 26.0 Å². The third kappa shape index (κ3) is 2.84. The number of aromatic nitrogens is 1. The molecule has 1 aromatic heterocycles. The van der Waals surface area contributed by atoms with Crippen LogP contribution in [0.2, 0.25) is 0 Å². The maximum absolute atomic E-state index is 11.8.